The highest BCUT2D eigenvalue weighted by Crippen LogP contribution is 2.33. The Balaban J connectivity index is 1.92. The monoisotopic (exact) mass is 243 g/mol. The van der Waals surface area contributed by atoms with Gasteiger partial charge >= 0.3 is 0 Å². The second kappa shape index (κ2) is 5.44. The Hall–Kier alpha value is -0.820. The topological polar surface area (TPSA) is 12.0 Å². The first kappa shape index (κ1) is 12.2. The highest BCUT2D eigenvalue weighted by Gasteiger charge is 2.21. The molecule has 2 aliphatic rings. The smallest absolute Gasteiger partial charge is 0.0323 e. The van der Waals surface area contributed by atoms with E-state index < -0.39 is 0 Å². The van der Waals surface area contributed by atoms with E-state index in [4.69, 9.17) is 0 Å². The fourth-order valence-electron chi connectivity index (χ4n) is 3.59. The van der Waals surface area contributed by atoms with Gasteiger partial charge in [0.2, 0.25) is 0 Å². The molecule has 1 N–H and O–H groups in total. The van der Waals surface area contributed by atoms with Crippen LogP contribution < -0.4 is 5.32 Å². The molecule has 0 fully saturated rings. The third-order valence-electron chi connectivity index (χ3n) is 4.56. The molecule has 18 heavy (non-hydrogen) atoms. The van der Waals surface area contributed by atoms with Gasteiger partial charge in [0.15, 0.2) is 0 Å². The van der Waals surface area contributed by atoms with E-state index in [9.17, 15) is 0 Å². The van der Waals surface area contributed by atoms with Gasteiger partial charge in [-0.1, -0.05) is 25.5 Å². The Morgan fingerprint density at radius 2 is 1.78 bits per heavy atom. The van der Waals surface area contributed by atoms with Gasteiger partial charge in [-0.2, -0.15) is 0 Å². The second-order valence-electron chi connectivity index (χ2n) is 5.93. The van der Waals surface area contributed by atoms with Crippen LogP contribution in [0.2, 0.25) is 0 Å². The number of aryl methyl sites for hydroxylation is 3. The molecule has 1 nitrogen and oxygen atoms in total. The SMILES string of the molecule is CCCNC1CCCCc2cc3c(cc21)CCC3. The molecule has 0 aliphatic heterocycles. The average Bonchev–Trinajstić information content (AvgIpc) is 2.75. The Morgan fingerprint density at radius 3 is 2.61 bits per heavy atom. The van der Waals surface area contributed by atoms with E-state index in [0.717, 1.165) is 6.54 Å². The van der Waals surface area contributed by atoms with E-state index in [0.29, 0.717) is 6.04 Å². The summed E-state index contributed by atoms with van der Waals surface area (Å²) < 4.78 is 0. The molecule has 0 radical (unpaired) electrons. The van der Waals surface area contributed by atoms with Crippen LogP contribution in [0.5, 0.6) is 0 Å². The van der Waals surface area contributed by atoms with Crippen LogP contribution in [0.1, 0.15) is 67.3 Å². The number of rotatable bonds is 3. The summed E-state index contributed by atoms with van der Waals surface area (Å²) in [6.07, 6.45) is 10.6. The summed E-state index contributed by atoms with van der Waals surface area (Å²) in [7, 11) is 0. The molecule has 98 valence electrons. The molecule has 1 aromatic carbocycles. The van der Waals surface area contributed by atoms with Crippen molar-refractivity contribution in [3.8, 4) is 0 Å². The highest BCUT2D eigenvalue weighted by atomic mass is 14.9. The van der Waals surface area contributed by atoms with E-state index in [1.54, 1.807) is 22.3 Å². The normalized spacial score (nSPS) is 22.4. The Morgan fingerprint density at radius 1 is 1.00 bits per heavy atom. The van der Waals surface area contributed by atoms with Crippen molar-refractivity contribution in [3.63, 3.8) is 0 Å². The third kappa shape index (κ3) is 2.33. The first-order valence-electron chi connectivity index (χ1n) is 7.76. The summed E-state index contributed by atoms with van der Waals surface area (Å²) in [6, 6.07) is 5.69. The summed E-state index contributed by atoms with van der Waals surface area (Å²) in [5.74, 6) is 0. The molecular weight excluding hydrogens is 218 g/mol. The molecule has 0 saturated carbocycles. The van der Waals surface area contributed by atoms with Gasteiger partial charge in [-0.3, -0.25) is 0 Å². The summed E-state index contributed by atoms with van der Waals surface area (Å²) in [6.45, 7) is 3.41. The lowest BCUT2D eigenvalue weighted by Gasteiger charge is -2.20. The molecule has 0 saturated heterocycles. The fourth-order valence-corrected chi connectivity index (χ4v) is 3.59. The molecule has 0 heterocycles. The molecule has 1 unspecified atom stereocenters. The Bertz CT molecular complexity index is 422. The zero-order valence-electron chi connectivity index (χ0n) is 11.6. The van der Waals surface area contributed by atoms with E-state index in [-0.39, 0.29) is 0 Å². The van der Waals surface area contributed by atoms with Crippen LogP contribution >= 0.6 is 0 Å². The van der Waals surface area contributed by atoms with Crippen molar-refractivity contribution in [2.75, 3.05) is 6.54 Å². The molecule has 0 aromatic heterocycles. The van der Waals surface area contributed by atoms with Crippen molar-refractivity contribution < 1.29 is 0 Å². The lowest BCUT2D eigenvalue weighted by molar-refractivity contribution is 0.489. The van der Waals surface area contributed by atoms with Gasteiger partial charge in [0.25, 0.3) is 0 Å². The molecule has 0 bridgehead atoms. The molecule has 1 atom stereocenters. The number of fused-ring (bicyclic) bond motifs is 2. The predicted octanol–water partition coefficient (Wildman–Crippen LogP) is 3.94. The molecular formula is C17H25N. The van der Waals surface area contributed by atoms with Crippen LogP contribution in [0.3, 0.4) is 0 Å². The van der Waals surface area contributed by atoms with Crippen LogP contribution in [0.4, 0.5) is 0 Å². The minimum atomic E-state index is 0.619. The summed E-state index contributed by atoms with van der Waals surface area (Å²) in [5.41, 5.74) is 6.55. The van der Waals surface area contributed by atoms with Crippen LogP contribution in [0.15, 0.2) is 12.1 Å². The summed E-state index contributed by atoms with van der Waals surface area (Å²) >= 11 is 0. The van der Waals surface area contributed by atoms with Gasteiger partial charge < -0.3 is 5.32 Å². The van der Waals surface area contributed by atoms with Gasteiger partial charge in [-0.25, -0.2) is 0 Å². The van der Waals surface area contributed by atoms with Crippen LogP contribution in [0.25, 0.3) is 0 Å². The van der Waals surface area contributed by atoms with Gasteiger partial charge in [0, 0.05) is 6.04 Å². The largest absolute Gasteiger partial charge is 0.310 e. The maximum Gasteiger partial charge on any atom is 0.0323 e. The maximum atomic E-state index is 3.76. The summed E-state index contributed by atoms with van der Waals surface area (Å²) in [5, 5.41) is 3.76. The van der Waals surface area contributed by atoms with Crippen molar-refractivity contribution in [3.05, 3.63) is 34.4 Å². The fraction of sp³-hybridized carbons (Fsp3) is 0.647. The van der Waals surface area contributed by atoms with E-state index >= 15 is 0 Å². The minimum Gasteiger partial charge on any atom is -0.310 e. The number of hydrogen-bond acceptors (Lipinski definition) is 1. The van der Waals surface area contributed by atoms with Gasteiger partial charge in [-0.15, -0.1) is 0 Å². The number of hydrogen-bond donors (Lipinski definition) is 1. The maximum absolute atomic E-state index is 3.76. The predicted molar refractivity (Wildman–Crippen MR) is 77.1 cm³/mol. The van der Waals surface area contributed by atoms with Crippen molar-refractivity contribution in [1.29, 1.82) is 0 Å². The average molecular weight is 243 g/mol. The van der Waals surface area contributed by atoms with Crippen molar-refractivity contribution >= 4 is 0 Å². The van der Waals surface area contributed by atoms with E-state index in [1.165, 1.54) is 51.4 Å². The first-order chi connectivity index (χ1) is 8.88. The van der Waals surface area contributed by atoms with Crippen LogP contribution in [-0.2, 0) is 19.3 Å². The summed E-state index contributed by atoms with van der Waals surface area (Å²) in [4.78, 5) is 0. The van der Waals surface area contributed by atoms with E-state index in [2.05, 4.69) is 24.4 Å². The standard InChI is InChI=1S/C17H25N/c1-2-10-18-17-9-4-3-6-15-11-13-7-5-8-14(13)12-16(15)17/h11-12,17-18H,2-10H2,1H3. The molecule has 0 spiro atoms. The zero-order valence-corrected chi connectivity index (χ0v) is 11.6. The molecule has 1 heteroatoms. The first-order valence-corrected chi connectivity index (χ1v) is 7.76. The van der Waals surface area contributed by atoms with Gasteiger partial charge in [0.1, 0.15) is 0 Å². The number of nitrogens with one attached hydrogen (secondary N) is 1. The van der Waals surface area contributed by atoms with Gasteiger partial charge in [-0.05, 0) is 73.7 Å². The lowest BCUT2D eigenvalue weighted by atomic mass is 9.94. The molecule has 0 amide bonds. The zero-order chi connectivity index (χ0) is 12.4. The number of benzene rings is 1. The van der Waals surface area contributed by atoms with E-state index in [1.807, 2.05) is 0 Å². The quantitative estimate of drug-likeness (QED) is 0.793. The van der Waals surface area contributed by atoms with Crippen LogP contribution in [0, 0.1) is 0 Å². The molecule has 2 aliphatic carbocycles. The Kier molecular flexibility index (Phi) is 3.69. The lowest BCUT2D eigenvalue weighted by Crippen LogP contribution is -2.22. The van der Waals surface area contributed by atoms with Crippen molar-refractivity contribution in [1.82, 2.24) is 5.32 Å². The molecule has 1 aromatic rings. The minimum absolute atomic E-state index is 0.619. The molecule has 3 rings (SSSR count). The third-order valence-corrected chi connectivity index (χ3v) is 4.56. The second-order valence-corrected chi connectivity index (χ2v) is 5.93. The Labute approximate surface area is 111 Å². The highest BCUT2D eigenvalue weighted by molar-refractivity contribution is 5.43. The van der Waals surface area contributed by atoms with Crippen LogP contribution in [-0.4, -0.2) is 6.54 Å². The van der Waals surface area contributed by atoms with Gasteiger partial charge in [0.05, 0.1) is 0 Å². The van der Waals surface area contributed by atoms with Crippen molar-refractivity contribution in [2.24, 2.45) is 0 Å². The van der Waals surface area contributed by atoms with Crippen molar-refractivity contribution in [2.45, 2.75) is 64.3 Å².